The number of nitrogens with zero attached hydrogens (tertiary/aromatic N) is 1. The van der Waals surface area contributed by atoms with Crippen molar-refractivity contribution in [3.05, 3.63) is 52.8 Å². The van der Waals surface area contributed by atoms with Crippen molar-refractivity contribution >= 4 is 23.2 Å². The first-order valence-corrected chi connectivity index (χ1v) is 8.07. The molecule has 0 saturated heterocycles. The van der Waals surface area contributed by atoms with E-state index in [9.17, 15) is 9.18 Å². The van der Waals surface area contributed by atoms with Crippen LogP contribution >= 0.6 is 11.6 Å². The molecular formula is C18H20ClFN2O3. The van der Waals surface area contributed by atoms with Crippen LogP contribution in [0.25, 0.3) is 0 Å². The van der Waals surface area contributed by atoms with E-state index in [0.717, 1.165) is 0 Å². The summed E-state index contributed by atoms with van der Waals surface area (Å²) >= 11 is 6.00. The van der Waals surface area contributed by atoms with E-state index in [-0.39, 0.29) is 11.7 Å². The smallest absolute Gasteiger partial charge is 0.257 e. The van der Waals surface area contributed by atoms with Crippen molar-refractivity contribution < 1.29 is 18.7 Å². The third kappa shape index (κ3) is 5.00. The zero-order chi connectivity index (χ0) is 18.4. The third-order valence-corrected chi connectivity index (χ3v) is 3.94. The minimum absolute atomic E-state index is 0.222. The maximum absolute atomic E-state index is 12.8. The van der Waals surface area contributed by atoms with Crippen molar-refractivity contribution in [1.82, 2.24) is 4.90 Å². The van der Waals surface area contributed by atoms with Gasteiger partial charge in [0.25, 0.3) is 5.91 Å². The van der Waals surface area contributed by atoms with Crippen LogP contribution in [0.2, 0.25) is 5.02 Å². The normalized spacial score (nSPS) is 10.4. The lowest BCUT2D eigenvalue weighted by atomic mass is 10.1. The monoisotopic (exact) mass is 366 g/mol. The molecule has 2 rings (SSSR count). The molecule has 0 heterocycles. The highest BCUT2D eigenvalue weighted by Crippen LogP contribution is 2.29. The molecule has 134 valence electrons. The van der Waals surface area contributed by atoms with E-state index in [1.54, 1.807) is 24.1 Å². The maximum atomic E-state index is 12.8. The van der Waals surface area contributed by atoms with Crippen molar-refractivity contribution in [2.24, 2.45) is 0 Å². The highest BCUT2D eigenvalue weighted by Gasteiger charge is 2.18. The van der Waals surface area contributed by atoms with Gasteiger partial charge in [-0.2, -0.15) is 0 Å². The van der Waals surface area contributed by atoms with Crippen molar-refractivity contribution in [1.29, 1.82) is 0 Å². The summed E-state index contributed by atoms with van der Waals surface area (Å²) in [5.41, 5.74) is 6.43. The van der Waals surface area contributed by atoms with E-state index in [1.807, 2.05) is 0 Å². The Kier molecular flexibility index (Phi) is 6.47. The molecule has 0 aromatic heterocycles. The molecule has 0 fully saturated rings. The molecule has 2 aromatic carbocycles. The van der Waals surface area contributed by atoms with Gasteiger partial charge in [0.2, 0.25) is 0 Å². The van der Waals surface area contributed by atoms with Crippen LogP contribution in [0.3, 0.4) is 0 Å². The van der Waals surface area contributed by atoms with Crippen LogP contribution in [0.4, 0.5) is 10.1 Å². The molecule has 0 saturated carbocycles. The molecule has 5 nitrogen and oxygen atoms in total. The molecule has 0 bridgehead atoms. The summed E-state index contributed by atoms with van der Waals surface area (Å²) in [7, 11) is 3.15. The van der Waals surface area contributed by atoms with Gasteiger partial charge in [0.15, 0.2) is 0 Å². The average Bonchev–Trinajstić information content (AvgIpc) is 2.61. The Morgan fingerprint density at radius 3 is 2.60 bits per heavy atom. The Hall–Kier alpha value is -2.47. The van der Waals surface area contributed by atoms with Crippen molar-refractivity contribution in [3.8, 4) is 11.5 Å². The number of carbonyl (C=O) groups excluding carboxylic acids is 1. The van der Waals surface area contributed by atoms with Crippen LogP contribution in [-0.4, -0.2) is 38.1 Å². The molecule has 0 spiro atoms. The molecule has 0 radical (unpaired) electrons. The number of rotatable bonds is 7. The van der Waals surface area contributed by atoms with Crippen molar-refractivity contribution in [2.75, 3.05) is 33.0 Å². The Morgan fingerprint density at radius 1 is 1.28 bits per heavy atom. The van der Waals surface area contributed by atoms with Gasteiger partial charge >= 0.3 is 0 Å². The Balaban J connectivity index is 1.90. The number of anilines is 1. The molecule has 0 aliphatic heterocycles. The predicted molar refractivity (Wildman–Crippen MR) is 95.9 cm³/mol. The highest BCUT2D eigenvalue weighted by atomic mass is 35.5. The first-order chi connectivity index (χ1) is 11.9. The van der Waals surface area contributed by atoms with Gasteiger partial charge in [-0.15, -0.1) is 0 Å². The van der Waals surface area contributed by atoms with Crippen LogP contribution in [0, 0.1) is 5.82 Å². The maximum Gasteiger partial charge on any atom is 0.257 e. The molecule has 0 aliphatic rings. The molecule has 25 heavy (non-hydrogen) atoms. The Labute approximate surface area is 151 Å². The second kappa shape index (κ2) is 8.58. The van der Waals surface area contributed by atoms with Gasteiger partial charge in [0.05, 0.1) is 30.0 Å². The van der Waals surface area contributed by atoms with Crippen LogP contribution in [0.1, 0.15) is 16.8 Å². The fourth-order valence-electron chi connectivity index (χ4n) is 2.23. The van der Waals surface area contributed by atoms with E-state index in [4.69, 9.17) is 26.8 Å². The summed E-state index contributed by atoms with van der Waals surface area (Å²) in [5.74, 6) is 0.429. The quantitative estimate of drug-likeness (QED) is 0.600. The average molecular weight is 367 g/mol. The molecule has 0 aliphatic carbocycles. The summed E-state index contributed by atoms with van der Waals surface area (Å²) in [5, 5.41) is 0.303. The Bertz CT molecular complexity index is 738. The number of hydrogen-bond acceptors (Lipinski definition) is 4. The lowest BCUT2D eigenvalue weighted by molar-refractivity contribution is 0.0784. The fraction of sp³-hybridized carbons (Fsp3) is 0.278. The molecular weight excluding hydrogens is 347 g/mol. The van der Waals surface area contributed by atoms with Crippen LogP contribution in [0.15, 0.2) is 36.4 Å². The second-order valence-corrected chi connectivity index (χ2v) is 5.86. The summed E-state index contributed by atoms with van der Waals surface area (Å²) in [4.78, 5) is 14.1. The number of amides is 1. The van der Waals surface area contributed by atoms with Gasteiger partial charge in [-0.1, -0.05) is 11.6 Å². The molecule has 0 atom stereocenters. The standard InChI is InChI=1S/C18H20ClFN2O3/c1-22(8-3-9-25-13-6-4-12(20)5-7-13)18(23)14-10-15(19)16(21)11-17(14)24-2/h4-7,10-11H,3,8-9,21H2,1-2H3. The molecule has 0 unspecified atom stereocenters. The second-order valence-electron chi connectivity index (χ2n) is 5.46. The first kappa shape index (κ1) is 18.9. The number of nitrogens with two attached hydrogens (primary N) is 1. The summed E-state index contributed by atoms with van der Waals surface area (Å²) < 4.78 is 23.5. The van der Waals surface area contributed by atoms with Gasteiger partial charge in [0, 0.05) is 19.7 Å². The lowest BCUT2D eigenvalue weighted by Crippen LogP contribution is -2.29. The SMILES string of the molecule is COc1cc(N)c(Cl)cc1C(=O)N(C)CCCOc1ccc(F)cc1. The van der Waals surface area contributed by atoms with Crippen LogP contribution in [0.5, 0.6) is 11.5 Å². The number of benzene rings is 2. The highest BCUT2D eigenvalue weighted by molar-refractivity contribution is 6.33. The van der Waals surface area contributed by atoms with Crippen LogP contribution in [-0.2, 0) is 0 Å². The van der Waals surface area contributed by atoms with Crippen molar-refractivity contribution in [2.45, 2.75) is 6.42 Å². The van der Waals surface area contributed by atoms with Crippen molar-refractivity contribution in [3.63, 3.8) is 0 Å². The minimum Gasteiger partial charge on any atom is -0.496 e. The third-order valence-electron chi connectivity index (χ3n) is 3.62. The Morgan fingerprint density at radius 2 is 1.96 bits per heavy atom. The van der Waals surface area contributed by atoms with E-state index >= 15 is 0 Å². The number of hydrogen-bond donors (Lipinski definition) is 1. The molecule has 1 amide bonds. The number of halogens is 2. The topological polar surface area (TPSA) is 64.8 Å². The number of methoxy groups -OCH3 is 1. The van der Waals surface area contributed by atoms with Gasteiger partial charge < -0.3 is 20.1 Å². The summed E-state index contributed by atoms with van der Waals surface area (Å²) in [6.45, 7) is 0.883. The van der Waals surface area contributed by atoms with E-state index < -0.39 is 0 Å². The summed E-state index contributed by atoms with van der Waals surface area (Å²) in [6, 6.07) is 8.83. The summed E-state index contributed by atoms with van der Waals surface area (Å²) in [6.07, 6.45) is 0.616. The van der Waals surface area contributed by atoms with E-state index in [2.05, 4.69) is 0 Å². The molecule has 7 heteroatoms. The number of ether oxygens (including phenoxy) is 2. The van der Waals surface area contributed by atoms with Crippen LogP contribution < -0.4 is 15.2 Å². The lowest BCUT2D eigenvalue weighted by Gasteiger charge is -2.19. The largest absolute Gasteiger partial charge is 0.496 e. The predicted octanol–water partition coefficient (Wildman–Crippen LogP) is 3.61. The zero-order valence-electron chi connectivity index (χ0n) is 14.1. The van der Waals surface area contributed by atoms with E-state index in [0.29, 0.717) is 47.3 Å². The van der Waals surface area contributed by atoms with Gasteiger partial charge in [-0.05, 0) is 36.8 Å². The first-order valence-electron chi connectivity index (χ1n) is 7.69. The minimum atomic E-state index is -0.311. The van der Waals surface area contributed by atoms with E-state index in [1.165, 1.54) is 31.4 Å². The fourth-order valence-corrected chi connectivity index (χ4v) is 2.40. The molecule has 2 N–H and O–H groups in total. The molecule has 2 aromatic rings. The van der Waals surface area contributed by atoms with Gasteiger partial charge in [-0.25, -0.2) is 4.39 Å². The van der Waals surface area contributed by atoms with Gasteiger partial charge in [-0.3, -0.25) is 4.79 Å². The number of carbonyl (C=O) groups is 1. The number of nitrogen functional groups attached to an aromatic ring is 1. The zero-order valence-corrected chi connectivity index (χ0v) is 14.8. The van der Waals surface area contributed by atoms with Gasteiger partial charge in [0.1, 0.15) is 17.3 Å².